The Morgan fingerprint density at radius 3 is 2.60 bits per heavy atom. The molecule has 0 unspecified atom stereocenters. The fraction of sp³-hybridized carbons (Fsp3) is 0.375. The van der Waals surface area contributed by atoms with Crippen LogP contribution < -0.4 is 14.8 Å². The Bertz CT molecular complexity index is 843. The fourth-order valence-corrected chi connectivity index (χ4v) is 3.19. The van der Waals surface area contributed by atoms with Gasteiger partial charge in [0.25, 0.3) is 0 Å². The molecule has 1 heterocycles. The second-order valence-electron chi connectivity index (χ2n) is 7.17. The summed E-state index contributed by atoms with van der Waals surface area (Å²) in [6, 6.07) is 13.6. The number of anilines is 1. The first-order valence-electron chi connectivity index (χ1n) is 10.4. The van der Waals surface area contributed by atoms with Crippen molar-refractivity contribution < 1.29 is 19.0 Å². The molecule has 0 aromatic heterocycles. The third-order valence-electron chi connectivity index (χ3n) is 4.81. The third kappa shape index (κ3) is 6.61. The molecular weight excluding hydrogens is 380 g/mol. The van der Waals surface area contributed by atoms with Crippen LogP contribution in [0.4, 0.5) is 5.69 Å². The van der Waals surface area contributed by atoms with E-state index in [0.29, 0.717) is 18.1 Å². The quantitative estimate of drug-likeness (QED) is 0.634. The van der Waals surface area contributed by atoms with Crippen molar-refractivity contribution in [3.05, 3.63) is 59.7 Å². The van der Waals surface area contributed by atoms with Crippen LogP contribution in [-0.4, -0.2) is 50.8 Å². The highest BCUT2D eigenvalue weighted by atomic mass is 16.5. The third-order valence-corrected chi connectivity index (χ3v) is 4.81. The topological polar surface area (TPSA) is 60.0 Å². The molecule has 2 aromatic carbocycles. The first-order valence-corrected chi connectivity index (χ1v) is 10.4. The van der Waals surface area contributed by atoms with Crippen LogP contribution in [0.3, 0.4) is 0 Å². The number of carbonyl (C=O) groups excluding carboxylic acids is 1. The van der Waals surface area contributed by atoms with Gasteiger partial charge in [-0.25, -0.2) is 0 Å². The molecule has 6 heteroatoms. The minimum atomic E-state index is -0.179. The summed E-state index contributed by atoms with van der Waals surface area (Å²) in [4.78, 5) is 14.6. The Balaban J connectivity index is 1.53. The molecule has 1 aliphatic heterocycles. The van der Waals surface area contributed by atoms with Crippen LogP contribution >= 0.6 is 0 Å². The van der Waals surface area contributed by atoms with E-state index in [4.69, 9.17) is 14.2 Å². The molecule has 1 amide bonds. The molecular formula is C24H30N2O4. The van der Waals surface area contributed by atoms with Gasteiger partial charge < -0.3 is 19.5 Å². The van der Waals surface area contributed by atoms with Crippen LogP contribution in [0.2, 0.25) is 0 Å². The highest BCUT2D eigenvalue weighted by Gasteiger charge is 2.10. The zero-order chi connectivity index (χ0) is 21.2. The minimum Gasteiger partial charge on any atom is -0.493 e. The second kappa shape index (κ2) is 11.4. The summed E-state index contributed by atoms with van der Waals surface area (Å²) in [5.74, 6) is 1.18. The molecule has 160 valence electrons. The number of hydrogen-bond acceptors (Lipinski definition) is 5. The molecule has 1 N–H and O–H groups in total. The first kappa shape index (κ1) is 21.9. The van der Waals surface area contributed by atoms with Crippen LogP contribution in [0.5, 0.6) is 11.5 Å². The highest BCUT2D eigenvalue weighted by molar-refractivity contribution is 6.01. The summed E-state index contributed by atoms with van der Waals surface area (Å²) >= 11 is 0. The maximum Gasteiger partial charge on any atom is 0.248 e. The minimum absolute atomic E-state index is 0.179. The van der Waals surface area contributed by atoms with E-state index in [1.807, 2.05) is 30.3 Å². The van der Waals surface area contributed by atoms with E-state index in [0.717, 1.165) is 50.5 Å². The lowest BCUT2D eigenvalue weighted by atomic mass is 10.1. The summed E-state index contributed by atoms with van der Waals surface area (Å²) in [6.45, 7) is 7.09. The van der Waals surface area contributed by atoms with Crippen LogP contribution in [-0.2, 0) is 16.1 Å². The van der Waals surface area contributed by atoms with Gasteiger partial charge in [-0.15, -0.1) is 0 Å². The monoisotopic (exact) mass is 410 g/mol. The number of rotatable bonds is 9. The molecule has 0 saturated carbocycles. The van der Waals surface area contributed by atoms with Crippen LogP contribution in [0, 0.1) is 0 Å². The lowest BCUT2D eigenvalue weighted by Gasteiger charge is -2.26. The maximum absolute atomic E-state index is 12.3. The summed E-state index contributed by atoms with van der Waals surface area (Å²) in [5.41, 5.74) is 2.87. The largest absolute Gasteiger partial charge is 0.493 e. The summed E-state index contributed by atoms with van der Waals surface area (Å²) in [5, 5.41) is 2.90. The van der Waals surface area contributed by atoms with Crippen molar-refractivity contribution in [2.45, 2.75) is 19.9 Å². The Morgan fingerprint density at radius 1 is 1.13 bits per heavy atom. The molecule has 0 spiro atoms. The van der Waals surface area contributed by atoms with Crippen LogP contribution in [0.15, 0.2) is 48.5 Å². The van der Waals surface area contributed by atoms with E-state index < -0.39 is 0 Å². The van der Waals surface area contributed by atoms with Crippen molar-refractivity contribution in [1.29, 1.82) is 0 Å². The van der Waals surface area contributed by atoms with Gasteiger partial charge in [0.15, 0.2) is 11.5 Å². The lowest BCUT2D eigenvalue weighted by Crippen LogP contribution is -2.35. The molecule has 3 rings (SSSR count). The molecule has 2 aromatic rings. The van der Waals surface area contributed by atoms with Gasteiger partial charge in [-0.3, -0.25) is 9.69 Å². The van der Waals surface area contributed by atoms with Gasteiger partial charge in [-0.05, 0) is 47.9 Å². The smallest absolute Gasteiger partial charge is 0.248 e. The molecule has 6 nitrogen and oxygen atoms in total. The van der Waals surface area contributed by atoms with Gasteiger partial charge in [0.2, 0.25) is 5.91 Å². The zero-order valence-corrected chi connectivity index (χ0v) is 17.7. The Kier molecular flexibility index (Phi) is 8.30. The number of hydrogen-bond donors (Lipinski definition) is 1. The number of methoxy groups -OCH3 is 1. The SMILES string of the molecule is CCCOc1ccc(/C=C/C(=O)Nc2ccc(CN3CCOCC3)cc2)cc1OC. The molecule has 1 fully saturated rings. The van der Waals surface area contributed by atoms with Gasteiger partial charge in [0, 0.05) is 31.4 Å². The number of carbonyl (C=O) groups is 1. The van der Waals surface area contributed by atoms with E-state index in [2.05, 4.69) is 29.3 Å². The van der Waals surface area contributed by atoms with Crippen molar-refractivity contribution in [2.24, 2.45) is 0 Å². The Morgan fingerprint density at radius 2 is 1.90 bits per heavy atom. The van der Waals surface area contributed by atoms with Gasteiger partial charge >= 0.3 is 0 Å². The van der Waals surface area contributed by atoms with Crippen LogP contribution in [0.25, 0.3) is 6.08 Å². The van der Waals surface area contributed by atoms with Crippen molar-refractivity contribution in [3.8, 4) is 11.5 Å². The molecule has 1 saturated heterocycles. The number of morpholine rings is 1. The van der Waals surface area contributed by atoms with E-state index in [1.54, 1.807) is 13.2 Å². The summed E-state index contributed by atoms with van der Waals surface area (Å²) in [7, 11) is 1.61. The van der Waals surface area contributed by atoms with Crippen molar-refractivity contribution in [2.75, 3.05) is 45.3 Å². The summed E-state index contributed by atoms with van der Waals surface area (Å²) < 4.78 is 16.4. The second-order valence-corrected chi connectivity index (χ2v) is 7.17. The summed E-state index contributed by atoms with van der Waals surface area (Å²) in [6.07, 6.45) is 4.20. The molecule has 1 aliphatic rings. The van der Waals surface area contributed by atoms with Crippen molar-refractivity contribution >= 4 is 17.7 Å². The zero-order valence-electron chi connectivity index (χ0n) is 17.7. The predicted octanol–water partition coefficient (Wildman–Crippen LogP) is 3.97. The van der Waals surface area contributed by atoms with Gasteiger partial charge in [-0.1, -0.05) is 25.1 Å². The Labute approximate surface area is 178 Å². The van der Waals surface area contributed by atoms with E-state index >= 15 is 0 Å². The molecule has 0 radical (unpaired) electrons. The average molecular weight is 411 g/mol. The van der Waals surface area contributed by atoms with Gasteiger partial charge in [0.05, 0.1) is 26.9 Å². The molecule has 30 heavy (non-hydrogen) atoms. The van der Waals surface area contributed by atoms with E-state index in [-0.39, 0.29) is 5.91 Å². The predicted molar refractivity (Wildman–Crippen MR) is 119 cm³/mol. The Hall–Kier alpha value is -2.83. The van der Waals surface area contributed by atoms with Crippen LogP contribution in [0.1, 0.15) is 24.5 Å². The number of amides is 1. The maximum atomic E-state index is 12.3. The number of ether oxygens (including phenoxy) is 3. The number of nitrogens with one attached hydrogen (secondary N) is 1. The van der Waals surface area contributed by atoms with Gasteiger partial charge in [-0.2, -0.15) is 0 Å². The normalized spacial score (nSPS) is 14.6. The average Bonchev–Trinajstić information content (AvgIpc) is 2.78. The van der Waals surface area contributed by atoms with Crippen molar-refractivity contribution in [3.63, 3.8) is 0 Å². The lowest BCUT2D eigenvalue weighted by molar-refractivity contribution is -0.111. The first-order chi connectivity index (χ1) is 14.7. The number of benzene rings is 2. The van der Waals surface area contributed by atoms with E-state index in [9.17, 15) is 4.79 Å². The molecule has 0 bridgehead atoms. The highest BCUT2D eigenvalue weighted by Crippen LogP contribution is 2.28. The molecule has 0 aliphatic carbocycles. The standard InChI is InChI=1S/C24H30N2O4/c1-3-14-30-22-10-6-19(17-23(22)28-2)7-11-24(27)25-21-8-4-20(5-9-21)18-26-12-15-29-16-13-26/h4-11,17H,3,12-16,18H2,1-2H3,(H,25,27)/b11-7+. The van der Waals surface area contributed by atoms with Crippen molar-refractivity contribution in [1.82, 2.24) is 4.90 Å². The molecule has 0 atom stereocenters. The van der Waals surface area contributed by atoms with E-state index in [1.165, 1.54) is 11.6 Å². The number of nitrogens with zero attached hydrogens (tertiary/aromatic N) is 1. The van der Waals surface area contributed by atoms with Gasteiger partial charge in [0.1, 0.15) is 0 Å². The fourth-order valence-electron chi connectivity index (χ4n) is 3.19.